The number of pyridine rings is 1. The zero-order valence-electron chi connectivity index (χ0n) is 7.50. The van der Waals surface area contributed by atoms with Crippen molar-refractivity contribution in [3.63, 3.8) is 0 Å². The Balaban J connectivity index is 2.50. The fourth-order valence-electron chi connectivity index (χ4n) is 1.56. The number of fused-ring (bicyclic) bond motifs is 2. The molecule has 3 rings (SSSR count). The van der Waals surface area contributed by atoms with E-state index in [1.807, 2.05) is 24.3 Å². The van der Waals surface area contributed by atoms with Gasteiger partial charge < -0.3 is 4.42 Å². The van der Waals surface area contributed by atoms with Gasteiger partial charge in [-0.2, -0.15) is 0 Å². The van der Waals surface area contributed by atoms with E-state index in [2.05, 4.69) is 20.9 Å². The summed E-state index contributed by atoms with van der Waals surface area (Å²) in [6.07, 6.45) is 1.64. The third kappa shape index (κ3) is 1.43. The molecule has 0 saturated carbocycles. The van der Waals surface area contributed by atoms with Gasteiger partial charge in [0.15, 0.2) is 0 Å². The van der Waals surface area contributed by atoms with Gasteiger partial charge >= 0.3 is 0 Å². The lowest BCUT2D eigenvalue weighted by atomic mass is 10.2. The highest BCUT2D eigenvalue weighted by molar-refractivity contribution is 9.10. The number of benzene rings is 1. The van der Waals surface area contributed by atoms with Crippen LogP contribution in [0, 0.1) is 0 Å². The Hall–Kier alpha value is -1.06. The first kappa shape index (κ1) is 9.19. The first-order valence-electron chi connectivity index (χ1n) is 4.37. The van der Waals surface area contributed by atoms with Gasteiger partial charge in [-0.3, -0.25) is 0 Å². The van der Waals surface area contributed by atoms with Crippen molar-refractivity contribution in [1.29, 1.82) is 0 Å². The van der Waals surface area contributed by atoms with Gasteiger partial charge in [0.25, 0.3) is 0 Å². The molecule has 1 aromatic carbocycles. The Labute approximate surface area is 99.0 Å². The van der Waals surface area contributed by atoms with Crippen LogP contribution in [-0.4, -0.2) is 4.98 Å². The minimum atomic E-state index is 0.636. The van der Waals surface area contributed by atoms with Gasteiger partial charge in [-0.25, -0.2) is 4.98 Å². The molecule has 2 nitrogen and oxygen atoms in total. The Morgan fingerprint density at radius 1 is 1.27 bits per heavy atom. The van der Waals surface area contributed by atoms with Crippen molar-refractivity contribution in [2.24, 2.45) is 0 Å². The van der Waals surface area contributed by atoms with Crippen LogP contribution in [0.2, 0.25) is 5.02 Å². The molecular weight excluding hydrogens is 277 g/mol. The van der Waals surface area contributed by atoms with E-state index in [-0.39, 0.29) is 0 Å². The lowest BCUT2D eigenvalue weighted by molar-refractivity contribution is 0.603. The molecule has 0 aliphatic carbocycles. The molecule has 4 heteroatoms. The van der Waals surface area contributed by atoms with E-state index >= 15 is 0 Å². The zero-order chi connectivity index (χ0) is 10.4. The van der Waals surface area contributed by atoms with Crippen molar-refractivity contribution in [1.82, 2.24) is 4.98 Å². The van der Waals surface area contributed by atoms with Gasteiger partial charge in [0, 0.05) is 10.4 Å². The Morgan fingerprint density at radius 2 is 2.13 bits per heavy atom. The average Bonchev–Trinajstić information content (AvgIpc) is 2.57. The first-order valence-corrected chi connectivity index (χ1v) is 5.54. The van der Waals surface area contributed by atoms with Crippen LogP contribution in [0.15, 0.2) is 39.4 Å². The summed E-state index contributed by atoms with van der Waals surface area (Å²) < 4.78 is 6.21. The monoisotopic (exact) mass is 281 g/mol. The van der Waals surface area contributed by atoms with Crippen LogP contribution in [0.3, 0.4) is 0 Å². The lowest BCUT2D eigenvalue weighted by Crippen LogP contribution is -1.79. The van der Waals surface area contributed by atoms with Crippen LogP contribution in [0.1, 0.15) is 0 Å². The minimum Gasteiger partial charge on any atom is -0.445 e. The molecule has 0 N–H and O–H groups in total. The number of hydrogen-bond acceptors (Lipinski definition) is 2. The van der Waals surface area contributed by atoms with E-state index in [0.29, 0.717) is 10.7 Å². The van der Waals surface area contributed by atoms with Gasteiger partial charge in [-0.15, -0.1) is 0 Å². The molecule has 74 valence electrons. The summed E-state index contributed by atoms with van der Waals surface area (Å²) >= 11 is 9.33. The number of aromatic nitrogens is 1. The quantitative estimate of drug-likeness (QED) is 0.611. The standard InChI is InChI=1S/C11H5BrClNO/c12-9-5-15-11-8(9)4-6-3-7(13)1-2-10(6)14-11/h1-5H. The summed E-state index contributed by atoms with van der Waals surface area (Å²) in [6.45, 7) is 0. The molecule has 0 radical (unpaired) electrons. The molecule has 0 spiro atoms. The summed E-state index contributed by atoms with van der Waals surface area (Å²) in [5.41, 5.74) is 1.52. The fraction of sp³-hybridized carbons (Fsp3) is 0. The molecule has 0 fully saturated rings. The predicted octanol–water partition coefficient (Wildman–Crippen LogP) is 4.40. The molecule has 2 aromatic heterocycles. The first-order chi connectivity index (χ1) is 7.24. The molecule has 15 heavy (non-hydrogen) atoms. The number of rotatable bonds is 0. The molecule has 0 amide bonds. The maximum absolute atomic E-state index is 5.92. The van der Waals surface area contributed by atoms with Crippen LogP contribution < -0.4 is 0 Å². The second-order valence-electron chi connectivity index (χ2n) is 3.26. The maximum Gasteiger partial charge on any atom is 0.227 e. The fourth-order valence-corrected chi connectivity index (χ4v) is 2.12. The smallest absolute Gasteiger partial charge is 0.227 e. The third-order valence-corrected chi connectivity index (χ3v) is 3.12. The van der Waals surface area contributed by atoms with E-state index in [1.165, 1.54) is 0 Å². The summed E-state index contributed by atoms with van der Waals surface area (Å²) in [7, 11) is 0. The Bertz CT molecular complexity index is 662. The highest BCUT2D eigenvalue weighted by Gasteiger charge is 2.06. The summed E-state index contributed by atoms with van der Waals surface area (Å²) in [4.78, 5) is 4.38. The molecule has 0 atom stereocenters. The van der Waals surface area contributed by atoms with Crippen LogP contribution in [-0.2, 0) is 0 Å². The molecule has 0 bridgehead atoms. The van der Waals surface area contributed by atoms with Crippen LogP contribution >= 0.6 is 27.5 Å². The van der Waals surface area contributed by atoms with E-state index in [0.717, 1.165) is 20.8 Å². The van der Waals surface area contributed by atoms with Crippen molar-refractivity contribution in [2.75, 3.05) is 0 Å². The van der Waals surface area contributed by atoms with Crippen LogP contribution in [0.5, 0.6) is 0 Å². The molecule has 2 heterocycles. The van der Waals surface area contributed by atoms with Crippen molar-refractivity contribution in [2.45, 2.75) is 0 Å². The number of furan rings is 1. The normalized spacial score (nSPS) is 11.3. The lowest BCUT2D eigenvalue weighted by Gasteiger charge is -1.97. The maximum atomic E-state index is 5.92. The molecular formula is C11H5BrClNO. The predicted molar refractivity (Wildman–Crippen MR) is 64.2 cm³/mol. The number of halogens is 2. The van der Waals surface area contributed by atoms with E-state index in [1.54, 1.807) is 6.26 Å². The Morgan fingerprint density at radius 3 is 3.00 bits per heavy atom. The summed E-state index contributed by atoms with van der Waals surface area (Å²) in [5, 5.41) is 2.69. The Kier molecular flexibility index (Phi) is 1.97. The SMILES string of the molecule is Clc1ccc2nc3occ(Br)c3cc2c1. The van der Waals surface area contributed by atoms with Gasteiger partial charge in [0.05, 0.1) is 15.4 Å². The van der Waals surface area contributed by atoms with Crippen molar-refractivity contribution < 1.29 is 4.42 Å². The third-order valence-electron chi connectivity index (χ3n) is 2.27. The van der Waals surface area contributed by atoms with E-state index in [4.69, 9.17) is 16.0 Å². The van der Waals surface area contributed by atoms with Gasteiger partial charge in [-0.1, -0.05) is 11.6 Å². The van der Waals surface area contributed by atoms with E-state index < -0.39 is 0 Å². The number of hydrogen-bond donors (Lipinski definition) is 0. The van der Waals surface area contributed by atoms with Crippen LogP contribution in [0.4, 0.5) is 0 Å². The second kappa shape index (κ2) is 3.22. The van der Waals surface area contributed by atoms with Gasteiger partial charge in [0.2, 0.25) is 5.71 Å². The summed E-state index contributed by atoms with van der Waals surface area (Å²) in [5.74, 6) is 0. The van der Waals surface area contributed by atoms with Crippen molar-refractivity contribution >= 4 is 49.5 Å². The highest BCUT2D eigenvalue weighted by Crippen LogP contribution is 2.28. The van der Waals surface area contributed by atoms with Crippen molar-refractivity contribution in [3.05, 3.63) is 40.0 Å². The van der Waals surface area contributed by atoms with Gasteiger partial charge in [0.1, 0.15) is 6.26 Å². The molecule has 0 aliphatic rings. The summed E-state index contributed by atoms with van der Waals surface area (Å²) in [6, 6.07) is 7.61. The molecule has 0 unspecified atom stereocenters. The topological polar surface area (TPSA) is 26.0 Å². The van der Waals surface area contributed by atoms with Crippen molar-refractivity contribution in [3.8, 4) is 0 Å². The van der Waals surface area contributed by atoms with Crippen LogP contribution in [0.25, 0.3) is 22.0 Å². The highest BCUT2D eigenvalue weighted by atomic mass is 79.9. The molecule has 0 saturated heterocycles. The largest absolute Gasteiger partial charge is 0.445 e. The average molecular weight is 283 g/mol. The van der Waals surface area contributed by atoms with Gasteiger partial charge in [-0.05, 0) is 40.2 Å². The van der Waals surface area contributed by atoms with E-state index in [9.17, 15) is 0 Å². The second-order valence-corrected chi connectivity index (χ2v) is 4.55. The number of nitrogens with zero attached hydrogens (tertiary/aromatic N) is 1. The molecule has 3 aromatic rings. The zero-order valence-corrected chi connectivity index (χ0v) is 9.84. The molecule has 0 aliphatic heterocycles. The minimum absolute atomic E-state index is 0.636.